The Balaban J connectivity index is 2.02. The van der Waals surface area contributed by atoms with E-state index in [-0.39, 0.29) is 24.9 Å². The fourth-order valence-corrected chi connectivity index (χ4v) is 3.79. The molecule has 0 spiro atoms. The van der Waals surface area contributed by atoms with Crippen LogP contribution < -0.4 is 4.74 Å². The van der Waals surface area contributed by atoms with Crippen LogP contribution in [0.25, 0.3) is 0 Å². The molecule has 1 saturated heterocycles. The lowest BCUT2D eigenvalue weighted by atomic mass is 9.99. The molecule has 1 fully saturated rings. The lowest BCUT2D eigenvalue weighted by molar-refractivity contribution is -0.278. The van der Waals surface area contributed by atoms with Gasteiger partial charge in [-0.2, -0.15) is 13.2 Å². The predicted octanol–water partition coefficient (Wildman–Crippen LogP) is 1.59. The molecule has 0 bridgehead atoms. The summed E-state index contributed by atoms with van der Waals surface area (Å²) >= 11 is 0. The van der Waals surface area contributed by atoms with E-state index in [1.54, 1.807) is 24.3 Å². The molecule has 0 aliphatic carbocycles. The fraction of sp³-hybridized carbons (Fsp3) is 0.591. The van der Waals surface area contributed by atoms with Crippen molar-refractivity contribution in [1.82, 2.24) is 9.78 Å². The number of benzene rings is 1. The van der Waals surface area contributed by atoms with Crippen LogP contribution in [0.1, 0.15) is 35.7 Å². The van der Waals surface area contributed by atoms with Crippen molar-refractivity contribution in [1.29, 1.82) is 0 Å². The van der Waals surface area contributed by atoms with Crippen LogP contribution >= 0.6 is 0 Å². The van der Waals surface area contributed by atoms with Gasteiger partial charge in [-0.25, -0.2) is 0 Å². The summed E-state index contributed by atoms with van der Waals surface area (Å²) in [6.45, 7) is -0.0166. The van der Waals surface area contributed by atoms with Gasteiger partial charge in [0.2, 0.25) is 12.2 Å². The van der Waals surface area contributed by atoms with Crippen LogP contribution in [-0.4, -0.2) is 74.2 Å². The van der Waals surface area contributed by atoms with Gasteiger partial charge in [-0.1, -0.05) is 31.2 Å². The van der Waals surface area contributed by atoms with Gasteiger partial charge in [0.05, 0.1) is 18.8 Å². The van der Waals surface area contributed by atoms with E-state index in [2.05, 4.69) is 5.10 Å². The van der Waals surface area contributed by atoms with Crippen molar-refractivity contribution in [3.8, 4) is 5.88 Å². The maximum Gasteiger partial charge on any atom is 0.433 e. The highest BCUT2D eigenvalue weighted by molar-refractivity contribution is 5.39. The zero-order valence-corrected chi connectivity index (χ0v) is 18.5. The monoisotopic (exact) mass is 492 g/mol. The normalized spacial score (nSPS) is 25.5. The van der Waals surface area contributed by atoms with E-state index in [1.807, 2.05) is 6.92 Å². The van der Waals surface area contributed by atoms with Crippen LogP contribution in [0.15, 0.2) is 24.3 Å². The number of alkyl halides is 4. The highest BCUT2D eigenvalue weighted by Crippen LogP contribution is 2.38. The first-order valence-corrected chi connectivity index (χ1v) is 10.9. The summed E-state index contributed by atoms with van der Waals surface area (Å²) in [5.74, 6) is -0.518. The Morgan fingerprint density at radius 3 is 2.26 bits per heavy atom. The van der Waals surface area contributed by atoms with Crippen LogP contribution in [0.3, 0.4) is 0 Å². The zero-order chi connectivity index (χ0) is 25.0. The molecule has 0 radical (unpaired) electrons. The Hall–Kier alpha value is -2.25. The molecule has 2 heterocycles. The smallest absolute Gasteiger partial charge is 0.433 e. The van der Waals surface area contributed by atoms with Crippen molar-refractivity contribution in [2.45, 2.75) is 69.6 Å². The number of aryl methyl sites for hydroxylation is 2. The molecule has 1 aromatic carbocycles. The van der Waals surface area contributed by atoms with Gasteiger partial charge < -0.3 is 29.9 Å². The number of nitrogens with zero attached hydrogens (tertiary/aromatic N) is 2. The summed E-state index contributed by atoms with van der Waals surface area (Å²) in [5.41, 5.74) is 0.0512. The first kappa shape index (κ1) is 26.4. The quantitative estimate of drug-likeness (QED) is 0.393. The second-order valence-electron chi connectivity index (χ2n) is 8.06. The number of aromatic nitrogens is 2. The van der Waals surface area contributed by atoms with E-state index in [0.717, 1.165) is 12.0 Å². The number of aliphatic hydroxyl groups excluding tert-OH is 4. The topological polar surface area (TPSA) is 117 Å². The summed E-state index contributed by atoms with van der Waals surface area (Å²) in [5, 5.41) is 43.4. The standard InChI is InChI=1S/C22H28F4N2O6/c1-2-12-4-6-13(7-5-12)10-14-19(22(24,25)26)28(9-3-8-23)27-20(14)34-21-18(32)17(31)16(30)15(11-29)33-21/h4-7,15-18,21,29-32H,2-3,8-11H2,1H3/t15-,16-,17+,18-,21-/m1/s1. The number of ether oxygens (including phenoxy) is 2. The second-order valence-corrected chi connectivity index (χ2v) is 8.06. The third-order valence-corrected chi connectivity index (χ3v) is 5.67. The van der Waals surface area contributed by atoms with Gasteiger partial charge in [0.25, 0.3) is 0 Å². The molecule has 0 saturated carbocycles. The molecule has 34 heavy (non-hydrogen) atoms. The molecular formula is C22H28F4N2O6. The zero-order valence-electron chi connectivity index (χ0n) is 18.5. The van der Waals surface area contributed by atoms with E-state index in [1.165, 1.54) is 0 Å². The van der Waals surface area contributed by atoms with Crippen LogP contribution in [0.2, 0.25) is 0 Å². The first-order chi connectivity index (χ1) is 16.1. The van der Waals surface area contributed by atoms with Gasteiger partial charge in [0.1, 0.15) is 30.1 Å². The lowest BCUT2D eigenvalue weighted by Gasteiger charge is -2.39. The van der Waals surface area contributed by atoms with Crippen molar-refractivity contribution < 1.29 is 47.5 Å². The van der Waals surface area contributed by atoms with Crippen LogP contribution in [0.5, 0.6) is 5.88 Å². The van der Waals surface area contributed by atoms with Crippen molar-refractivity contribution in [2.24, 2.45) is 0 Å². The van der Waals surface area contributed by atoms with Gasteiger partial charge >= 0.3 is 6.18 Å². The van der Waals surface area contributed by atoms with Gasteiger partial charge in [0, 0.05) is 13.0 Å². The number of halogens is 4. The van der Waals surface area contributed by atoms with Gasteiger partial charge in [-0.15, -0.1) is 5.10 Å². The van der Waals surface area contributed by atoms with Crippen LogP contribution in [-0.2, 0) is 30.3 Å². The van der Waals surface area contributed by atoms with Crippen molar-refractivity contribution in [3.63, 3.8) is 0 Å². The number of aliphatic hydroxyl groups is 4. The number of rotatable bonds is 9. The molecule has 2 aromatic rings. The van der Waals surface area contributed by atoms with E-state index >= 15 is 0 Å². The van der Waals surface area contributed by atoms with Gasteiger partial charge in [0.15, 0.2) is 0 Å². The molecule has 0 amide bonds. The molecule has 5 atom stereocenters. The van der Waals surface area contributed by atoms with Crippen molar-refractivity contribution in [2.75, 3.05) is 13.3 Å². The summed E-state index contributed by atoms with van der Waals surface area (Å²) in [6, 6.07) is 6.92. The SMILES string of the molecule is CCc1ccc(Cc2c(O[C@H]3O[C@H](CO)[C@@H](O)[C@H](O)[C@H]3O)nn(CCCF)c2C(F)(F)F)cc1. The molecule has 1 aromatic heterocycles. The molecule has 0 unspecified atom stereocenters. The first-order valence-electron chi connectivity index (χ1n) is 10.9. The highest BCUT2D eigenvalue weighted by atomic mass is 19.4. The largest absolute Gasteiger partial charge is 0.443 e. The molecular weight excluding hydrogens is 464 g/mol. The second kappa shape index (κ2) is 11.0. The Morgan fingerprint density at radius 2 is 1.71 bits per heavy atom. The molecule has 3 rings (SSSR count). The number of hydrogen-bond acceptors (Lipinski definition) is 7. The van der Waals surface area contributed by atoms with Crippen molar-refractivity contribution >= 4 is 0 Å². The molecule has 190 valence electrons. The maximum absolute atomic E-state index is 14.1. The molecule has 8 nitrogen and oxygen atoms in total. The molecule has 1 aliphatic heterocycles. The summed E-state index contributed by atoms with van der Waals surface area (Å²) in [7, 11) is 0. The highest BCUT2D eigenvalue weighted by Gasteiger charge is 2.46. The van der Waals surface area contributed by atoms with E-state index in [9.17, 15) is 38.0 Å². The summed E-state index contributed by atoms with van der Waals surface area (Å²) in [4.78, 5) is 0. The Bertz CT molecular complexity index is 935. The summed E-state index contributed by atoms with van der Waals surface area (Å²) in [6.07, 6.45) is -12.9. The Morgan fingerprint density at radius 1 is 1.06 bits per heavy atom. The lowest BCUT2D eigenvalue weighted by Crippen LogP contribution is -2.60. The minimum atomic E-state index is -4.85. The molecule has 12 heteroatoms. The average molecular weight is 492 g/mol. The average Bonchev–Trinajstić information content (AvgIpc) is 3.15. The van der Waals surface area contributed by atoms with Crippen LogP contribution in [0, 0.1) is 0 Å². The van der Waals surface area contributed by atoms with Crippen molar-refractivity contribution in [3.05, 3.63) is 46.6 Å². The third-order valence-electron chi connectivity index (χ3n) is 5.67. The van der Waals surface area contributed by atoms with E-state index in [4.69, 9.17) is 9.47 Å². The van der Waals surface area contributed by atoms with Gasteiger partial charge in [-0.05, 0) is 24.0 Å². The maximum atomic E-state index is 14.1. The van der Waals surface area contributed by atoms with E-state index in [0.29, 0.717) is 10.2 Å². The third kappa shape index (κ3) is 5.69. The minimum Gasteiger partial charge on any atom is -0.443 e. The minimum absolute atomic E-state index is 0.213. The Labute approximate surface area is 193 Å². The molecule has 1 aliphatic rings. The predicted molar refractivity (Wildman–Crippen MR) is 111 cm³/mol. The number of hydrogen-bond donors (Lipinski definition) is 4. The van der Waals surface area contributed by atoms with Gasteiger partial charge in [-0.3, -0.25) is 9.07 Å². The Kier molecular flexibility index (Phi) is 8.52. The van der Waals surface area contributed by atoms with Crippen LogP contribution in [0.4, 0.5) is 17.6 Å². The fourth-order valence-electron chi connectivity index (χ4n) is 3.79. The summed E-state index contributed by atoms with van der Waals surface area (Å²) < 4.78 is 66.3. The van der Waals surface area contributed by atoms with E-state index < -0.39 is 61.7 Å². The molecule has 4 N–H and O–H groups in total.